The number of rotatable bonds is 9. The van der Waals surface area contributed by atoms with Crippen molar-refractivity contribution >= 4 is 30.8 Å². The van der Waals surface area contributed by atoms with Crippen molar-refractivity contribution in [3.63, 3.8) is 0 Å². The normalized spacial score (nSPS) is 13.2. The molecule has 1 atom stereocenters. The highest BCUT2D eigenvalue weighted by Gasteiger charge is 2.46. The molecule has 0 aliphatic heterocycles. The number of carboxylic acids is 2. The Bertz CT molecular complexity index is 872. The largest absolute Gasteiger partial charge is 0.481 e. The van der Waals surface area contributed by atoms with Crippen LogP contribution >= 0.6 is 7.72 Å². The van der Waals surface area contributed by atoms with E-state index in [9.17, 15) is 28.9 Å². The summed E-state index contributed by atoms with van der Waals surface area (Å²) < 4.78 is 14.0. The average Bonchev–Trinajstić information content (AvgIpc) is 2.64. The number of aliphatic imine (C=N–C) groups is 1. The Hall–Kier alpha value is -2.67. The van der Waals surface area contributed by atoms with Crippen molar-refractivity contribution in [3.8, 4) is 0 Å². The zero-order valence-corrected chi connectivity index (χ0v) is 15.7. The molecule has 0 amide bonds. The maximum Gasteiger partial charge on any atom is 0.320 e. The highest BCUT2D eigenvalue weighted by Crippen LogP contribution is 2.56. The summed E-state index contributed by atoms with van der Waals surface area (Å²) in [7, 11) is -4.12. The van der Waals surface area contributed by atoms with Gasteiger partial charge in [0.15, 0.2) is 0 Å². The highest BCUT2D eigenvalue weighted by molar-refractivity contribution is 7.82. The Morgan fingerprint density at radius 2 is 1.61 bits per heavy atom. The monoisotopic (exact) mass is 408 g/mol. The molecule has 7 nitrogen and oxygen atoms in total. The topological polar surface area (TPSA) is 127 Å². The molecule has 0 saturated carbocycles. The molecular formula is C19H20FNO6P+. The van der Waals surface area contributed by atoms with Gasteiger partial charge in [0.1, 0.15) is 17.7 Å². The molecule has 0 aliphatic carbocycles. The predicted molar refractivity (Wildman–Crippen MR) is 103 cm³/mol. The smallest absolute Gasteiger partial charge is 0.320 e. The lowest BCUT2D eigenvalue weighted by Gasteiger charge is -2.18. The van der Waals surface area contributed by atoms with Gasteiger partial charge in [-0.2, -0.15) is 0 Å². The molecule has 2 rings (SSSR count). The van der Waals surface area contributed by atoms with E-state index in [2.05, 4.69) is 4.99 Å². The molecule has 2 aromatic carbocycles. The van der Waals surface area contributed by atoms with Gasteiger partial charge in [-0.05, 0) is 30.7 Å². The quantitative estimate of drug-likeness (QED) is 0.372. The van der Waals surface area contributed by atoms with Crippen LogP contribution in [0.5, 0.6) is 0 Å². The second-order valence-corrected chi connectivity index (χ2v) is 8.38. The van der Waals surface area contributed by atoms with Gasteiger partial charge in [-0.3, -0.25) is 9.59 Å². The van der Waals surface area contributed by atoms with E-state index >= 15 is 0 Å². The van der Waals surface area contributed by atoms with E-state index in [1.807, 2.05) is 0 Å². The standard InChI is InChI=1S/C19H19FNO6P/c20-15-8-4-5-9-16(15)21-18(13-6-2-1-3-7-13)28(26,27)12-14(19(24)25)10-11-17(22)23/h1-9,14,26-27H,10-12H2,(H-,22,23,24,25)/p+1. The summed E-state index contributed by atoms with van der Waals surface area (Å²) in [6, 6.07) is 13.6. The van der Waals surface area contributed by atoms with E-state index in [1.165, 1.54) is 24.3 Å². The van der Waals surface area contributed by atoms with Crippen LogP contribution in [-0.4, -0.2) is 43.6 Å². The Kier molecular flexibility index (Phi) is 7.34. The number of hydrogen-bond acceptors (Lipinski definition) is 5. The van der Waals surface area contributed by atoms with Gasteiger partial charge in [-0.15, -0.1) is 0 Å². The molecule has 0 spiro atoms. The van der Waals surface area contributed by atoms with Crippen LogP contribution in [0.4, 0.5) is 10.1 Å². The number of benzene rings is 2. The molecule has 0 aromatic heterocycles. The third kappa shape index (κ3) is 5.92. The number of carbonyl (C=O) groups is 2. The molecule has 9 heteroatoms. The second-order valence-electron chi connectivity index (χ2n) is 6.13. The molecular weight excluding hydrogens is 388 g/mol. The van der Waals surface area contributed by atoms with E-state index in [0.29, 0.717) is 5.56 Å². The Labute approximate surface area is 161 Å². The first-order chi connectivity index (χ1) is 13.2. The number of halogens is 1. The number of carboxylic acid groups (broad SMARTS) is 2. The van der Waals surface area contributed by atoms with E-state index in [0.717, 1.165) is 0 Å². The SMILES string of the molecule is O=C(O)CCC(C[P+](O)(O)C(=Nc1ccccc1F)c1ccccc1)C(=O)O. The van der Waals surface area contributed by atoms with Crippen molar-refractivity contribution in [2.45, 2.75) is 12.8 Å². The number of para-hydroxylation sites is 1. The van der Waals surface area contributed by atoms with Gasteiger partial charge >= 0.3 is 19.7 Å². The third-order valence-corrected chi connectivity index (χ3v) is 5.97. The van der Waals surface area contributed by atoms with Crippen LogP contribution in [0.2, 0.25) is 0 Å². The van der Waals surface area contributed by atoms with Gasteiger partial charge in [-0.25, -0.2) is 19.2 Å². The van der Waals surface area contributed by atoms with Crippen molar-refractivity contribution in [2.75, 3.05) is 6.16 Å². The maximum absolute atomic E-state index is 14.0. The molecule has 0 fully saturated rings. The summed E-state index contributed by atoms with van der Waals surface area (Å²) in [5.41, 5.74) is -0.0301. The molecule has 0 bridgehead atoms. The summed E-state index contributed by atoms with van der Waals surface area (Å²) in [5.74, 6) is -4.49. The first-order valence-corrected chi connectivity index (χ1v) is 10.3. The van der Waals surface area contributed by atoms with Crippen molar-refractivity contribution < 1.29 is 34.0 Å². The van der Waals surface area contributed by atoms with Crippen LogP contribution in [-0.2, 0) is 9.59 Å². The number of nitrogens with zero attached hydrogens (tertiary/aromatic N) is 1. The minimum Gasteiger partial charge on any atom is -0.481 e. The molecule has 2 aromatic rings. The van der Waals surface area contributed by atoms with Gasteiger partial charge in [0.2, 0.25) is 5.45 Å². The number of hydrogen-bond donors (Lipinski definition) is 4. The van der Waals surface area contributed by atoms with Crippen molar-refractivity contribution in [2.24, 2.45) is 10.9 Å². The lowest BCUT2D eigenvalue weighted by molar-refractivity contribution is -0.142. The Morgan fingerprint density at radius 1 is 1.00 bits per heavy atom. The Morgan fingerprint density at radius 3 is 2.18 bits per heavy atom. The Balaban J connectivity index is 2.45. The van der Waals surface area contributed by atoms with Gasteiger partial charge in [0, 0.05) is 12.0 Å². The molecule has 0 aliphatic rings. The van der Waals surface area contributed by atoms with Crippen molar-refractivity contribution in [1.82, 2.24) is 0 Å². The van der Waals surface area contributed by atoms with Crippen LogP contribution in [0, 0.1) is 11.7 Å². The second kappa shape index (κ2) is 9.50. The van der Waals surface area contributed by atoms with Crippen LogP contribution in [0.25, 0.3) is 0 Å². The molecule has 148 valence electrons. The lowest BCUT2D eigenvalue weighted by Crippen LogP contribution is -2.24. The zero-order valence-electron chi connectivity index (χ0n) is 14.8. The van der Waals surface area contributed by atoms with Crippen LogP contribution < -0.4 is 0 Å². The molecule has 4 N–H and O–H groups in total. The van der Waals surface area contributed by atoms with E-state index in [4.69, 9.17) is 5.11 Å². The van der Waals surface area contributed by atoms with Gasteiger partial charge in [0.25, 0.3) is 0 Å². The summed E-state index contributed by atoms with van der Waals surface area (Å²) >= 11 is 0. The summed E-state index contributed by atoms with van der Waals surface area (Å²) in [6.45, 7) is 0. The zero-order chi connectivity index (χ0) is 20.7. The average molecular weight is 408 g/mol. The van der Waals surface area contributed by atoms with Crippen LogP contribution in [0.3, 0.4) is 0 Å². The predicted octanol–water partition coefficient (Wildman–Crippen LogP) is 3.30. The fourth-order valence-corrected chi connectivity index (χ4v) is 4.54. The van der Waals surface area contributed by atoms with Gasteiger partial charge < -0.3 is 10.2 Å². The summed E-state index contributed by atoms with van der Waals surface area (Å²) in [4.78, 5) is 47.8. The minimum absolute atomic E-state index is 0.119. The number of aliphatic carboxylic acids is 2. The first-order valence-electron chi connectivity index (χ1n) is 8.38. The summed E-state index contributed by atoms with van der Waals surface area (Å²) in [5, 5.41) is 18.1. The third-order valence-electron chi connectivity index (χ3n) is 3.98. The van der Waals surface area contributed by atoms with E-state index < -0.39 is 44.0 Å². The minimum atomic E-state index is -4.12. The van der Waals surface area contributed by atoms with Crippen LogP contribution in [0.15, 0.2) is 59.6 Å². The van der Waals surface area contributed by atoms with E-state index in [1.54, 1.807) is 30.3 Å². The molecule has 0 radical (unpaired) electrons. The molecule has 1 unspecified atom stereocenters. The highest BCUT2D eigenvalue weighted by atomic mass is 31.2. The molecule has 0 heterocycles. The first kappa shape index (κ1) is 21.6. The van der Waals surface area contributed by atoms with E-state index in [-0.39, 0.29) is 17.6 Å². The van der Waals surface area contributed by atoms with Crippen LogP contribution in [0.1, 0.15) is 18.4 Å². The fraction of sp³-hybridized carbons (Fsp3) is 0.211. The lowest BCUT2D eigenvalue weighted by atomic mass is 10.1. The molecule has 28 heavy (non-hydrogen) atoms. The van der Waals surface area contributed by atoms with Crippen molar-refractivity contribution in [1.29, 1.82) is 0 Å². The van der Waals surface area contributed by atoms with Gasteiger partial charge in [-0.1, -0.05) is 30.3 Å². The maximum atomic E-state index is 14.0. The van der Waals surface area contributed by atoms with Gasteiger partial charge in [0.05, 0.1) is 5.92 Å². The fourth-order valence-electron chi connectivity index (χ4n) is 2.58. The van der Waals surface area contributed by atoms with Crippen molar-refractivity contribution in [3.05, 3.63) is 66.0 Å². The summed E-state index contributed by atoms with van der Waals surface area (Å²) in [6.07, 6.45) is -1.30. The molecule has 0 saturated heterocycles.